The van der Waals surface area contributed by atoms with Crippen molar-refractivity contribution in [2.45, 2.75) is 24.9 Å². The van der Waals surface area contributed by atoms with E-state index in [1.165, 1.54) is 0 Å². The van der Waals surface area contributed by atoms with Crippen LogP contribution in [0.5, 0.6) is 17.2 Å². The number of rotatable bonds is 8. The zero-order valence-electron chi connectivity index (χ0n) is 20.9. The number of aliphatic hydroxyl groups excluding tert-OH is 1. The van der Waals surface area contributed by atoms with Crippen LogP contribution in [0.2, 0.25) is 0 Å². The summed E-state index contributed by atoms with van der Waals surface area (Å²) in [5.41, 5.74) is 1.69. The molecule has 0 bridgehead atoms. The van der Waals surface area contributed by atoms with E-state index in [1.54, 1.807) is 32.2 Å². The number of aromatic nitrogens is 5. The molecule has 3 atom stereocenters. The Labute approximate surface area is 213 Å². The van der Waals surface area contributed by atoms with Crippen molar-refractivity contribution >= 4 is 23.1 Å². The van der Waals surface area contributed by atoms with Crippen LogP contribution >= 0.6 is 0 Å². The lowest BCUT2D eigenvalue weighted by Crippen LogP contribution is -2.38. The molecule has 0 amide bonds. The van der Waals surface area contributed by atoms with Gasteiger partial charge >= 0.3 is 0 Å². The summed E-state index contributed by atoms with van der Waals surface area (Å²) < 4.78 is 20.0. The van der Waals surface area contributed by atoms with Crippen molar-refractivity contribution in [3.63, 3.8) is 0 Å². The molecule has 1 aliphatic heterocycles. The lowest BCUT2D eigenvalue weighted by molar-refractivity contribution is 0.262. The molecule has 37 heavy (non-hydrogen) atoms. The molecule has 1 aliphatic carbocycles. The number of methoxy groups -OCH3 is 3. The van der Waals surface area contributed by atoms with Crippen molar-refractivity contribution < 1.29 is 19.3 Å². The highest BCUT2D eigenvalue weighted by Gasteiger charge is 2.42. The summed E-state index contributed by atoms with van der Waals surface area (Å²) >= 11 is 0. The van der Waals surface area contributed by atoms with E-state index in [1.807, 2.05) is 41.2 Å². The third-order valence-corrected chi connectivity index (χ3v) is 7.14. The highest BCUT2D eigenvalue weighted by molar-refractivity contribution is 5.72. The molecule has 1 saturated heterocycles. The monoisotopic (exact) mass is 503 g/mol. The van der Waals surface area contributed by atoms with E-state index in [9.17, 15) is 5.11 Å². The number of anilines is 3. The van der Waals surface area contributed by atoms with Gasteiger partial charge in [-0.15, -0.1) is 5.10 Å². The maximum Gasteiger partial charge on any atom is 0.248 e. The smallest absolute Gasteiger partial charge is 0.248 e. The lowest BCUT2D eigenvalue weighted by atomic mass is 10.0. The molecule has 2 aliphatic rings. The summed E-state index contributed by atoms with van der Waals surface area (Å²) in [6.07, 6.45) is 11.8. The number of nitrogens with zero attached hydrogens (tertiary/aromatic N) is 6. The summed E-state index contributed by atoms with van der Waals surface area (Å²) in [5, 5.41) is 18.0. The summed E-state index contributed by atoms with van der Waals surface area (Å²) in [4.78, 5) is 11.6. The first-order valence-corrected chi connectivity index (χ1v) is 12.2. The average molecular weight is 504 g/mol. The number of benzene rings is 1. The molecule has 11 nitrogen and oxygen atoms in total. The fourth-order valence-corrected chi connectivity index (χ4v) is 5.45. The highest BCUT2D eigenvalue weighted by atomic mass is 16.5. The zero-order chi connectivity index (χ0) is 25.5. The Morgan fingerprint density at radius 3 is 2.68 bits per heavy atom. The number of fused-ring (bicyclic) bond motifs is 2. The second kappa shape index (κ2) is 9.32. The molecular weight excluding hydrogens is 474 g/mol. The van der Waals surface area contributed by atoms with E-state index in [0.717, 1.165) is 29.9 Å². The molecule has 0 unspecified atom stereocenters. The van der Waals surface area contributed by atoms with Crippen molar-refractivity contribution in [3.8, 4) is 22.9 Å². The van der Waals surface area contributed by atoms with Crippen molar-refractivity contribution in [3.05, 3.63) is 55.1 Å². The Hall–Kier alpha value is -4.25. The molecule has 3 aromatic heterocycles. The molecule has 1 fully saturated rings. The first-order chi connectivity index (χ1) is 18.1. The van der Waals surface area contributed by atoms with Crippen LogP contribution in [0.1, 0.15) is 12.8 Å². The second-order valence-electron chi connectivity index (χ2n) is 9.17. The van der Waals surface area contributed by atoms with Gasteiger partial charge in [-0.1, -0.05) is 12.2 Å². The van der Waals surface area contributed by atoms with Crippen LogP contribution < -0.4 is 24.4 Å². The number of imidazole rings is 1. The van der Waals surface area contributed by atoms with E-state index >= 15 is 0 Å². The van der Waals surface area contributed by atoms with Crippen LogP contribution in [-0.2, 0) is 0 Å². The number of allylic oxidation sites excluding steroid dienone is 1. The average Bonchev–Trinajstić information content (AvgIpc) is 3.71. The number of hydrogen-bond acceptors (Lipinski definition) is 9. The second-order valence-corrected chi connectivity index (χ2v) is 9.17. The Bertz CT molecular complexity index is 1440. The minimum Gasteiger partial charge on any atom is -0.493 e. The van der Waals surface area contributed by atoms with Crippen LogP contribution in [0.15, 0.2) is 55.1 Å². The Morgan fingerprint density at radius 2 is 1.95 bits per heavy atom. The maximum absolute atomic E-state index is 10.1. The van der Waals surface area contributed by atoms with Crippen LogP contribution in [-0.4, -0.2) is 69.3 Å². The molecule has 4 aromatic rings. The van der Waals surface area contributed by atoms with E-state index < -0.39 is 0 Å². The van der Waals surface area contributed by atoms with Crippen LogP contribution in [0.4, 0.5) is 17.6 Å². The van der Waals surface area contributed by atoms with Crippen LogP contribution in [0.25, 0.3) is 11.2 Å². The molecule has 11 heteroatoms. The van der Waals surface area contributed by atoms with Gasteiger partial charge in [-0.25, -0.2) is 9.50 Å². The summed E-state index contributed by atoms with van der Waals surface area (Å²) in [5.74, 6) is 3.90. The summed E-state index contributed by atoms with van der Waals surface area (Å²) in [6, 6.07) is 7.88. The van der Waals surface area contributed by atoms with Gasteiger partial charge in [-0.3, -0.25) is 0 Å². The SMILES string of the molecule is COc1cc(-n2cnc(Nc3nc(N4[C@H](CO)C[C@H]5CC=C[C@H]54)c4cccn4n3)c2)cc(OC)c1OC. The number of ether oxygens (including phenoxy) is 3. The van der Waals surface area contributed by atoms with Gasteiger partial charge in [-0.05, 0) is 30.9 Å². The summed E-state index contributed by atoms with van der Waals surface area (Å²) in [7, 11) is 4.74. The van der Waals surface area contributed by atoms with Crippen molar-refractivity contribution in [1.29, 1.82) is 0 Å². The van der Waals surface area contributed by atoms with Crippen LogP contribution in [0.3, 0.4) is 0 Å². The van der Waals surface area contributed by atoms with Gasteiger partial charge in [0.15, 0.2) is 23.1 Å². The van der Waals surface area contributed by atoms with Crippen molar-refractivity contribution in [2.75, 3.05) is 38.2 Å². The Morgan fingerprint density at radius 1 is 1.14 bits per heavy atom. The van der Waals surface area contributed by atoms with E-state index in [4.69, 9.17) is 19.2 Å². The molecule has 0 radical (unpaired) electrons. The van der Waals surface area contributed by atoms with E-state index in [-0.39, 0.29) is 18.7 Å². The predicted molar refractivity (Wildman–Crippen MR) is 138 cm³/mol. The lowest BCUT2D eigenvalue weighted by Gasteiger charge is -2.29. The topological polar surface area (TPSA) is 111 Å². The maximum atomic E-state index is 10.1. The third-order valence-electron chi connectivity index (χ3n) is 7.14. The van der Waals surface area contributed by atoms with Gasteiger partial charge in [0.2, 0.25) is 11.7 Å². The van der Waals surface area contributed by atoms with Gasteiger partial charge in [0.1, 0.15) is 11.8 Å². The van der Waals surface area contributed by atoms with Gasteiger partial charge in [0.25, 0.3) is 0 Å². The first kappa shape index (κ1) is 23.2. The van der Waals surface area contributed by atoms with Crippen molar-refractivity contribution in [2.24, 2.45) is 5.92 Å². The summed E-state index contributed by atoms with van der Waals surface area (Å²) in [6.45, 7) is 0.0830. The third kappa shape index (κ3) is 3.91. The fraction of sp³-hybridized carbons (Fsp3) is 0.346. The highest BCUT2D eigenvalue weighted by Crippen LogP contribution is 2.42. The molecule has 2 N–H and O–H groups in total. The number of hydrogen-bond donors (Lipinski definition) is 2. The standard InChI is InChI=1S/C26H29N7O4/c1-35-21-11-17(12-22(36-2)24(21)37-3)31-13-23(27-15-31)28-26-29-25(20-8-5-9-32(20)30-26)33-18(14-34)10-16-6-4-7-19(16)33/h4-5,7-9,11-13,15-16,18-19,34H,6,10,14H2,1-3H3,(H,28,30)/t16-,18+,19-/m1/s1. The van der Waals surface area contributed by atoms with Crippen molar-refractivity contribution in [1.82, 2.24) is 24.1 Å². The van der Waals surface area contributed by atoms with Gasteiger partial charge in [0.05, 0.1) is 51.9 Å². The minimum absolute atomic E-state index is 0.0145. The van der Waals surface area contributed by atoms with Gasteiger partial charge in [0, 0.05) is 18.3 Å². The predicted octanol–water partition coefficient (Wildman–Crippen LogP) is 3.20. The van der Waals surface area contributed by atoms with Gasteiger partial charge in [-0.2, -0.15) is 4.98 Å². The zero-order valence-corrected chi connectivity index (χ0v) is 20.9. The largest absolute Gasteiger partial charge is 0.493 e. The van der Waals surface area contributed by atoms with E-state index in [0.29, 0.717) is 34.9 Å². The molecule has 4 heterocycles. The molecule has 1 aromatic carbocycles. The molecule has 192 valence electrons. The molecular formula is C26H29N7O4. The molecule has 0 spiro atoms. The Kier molecular flexibility index (Phi) is 5.84. The fourth-order valence-electron chi connectivity index (χ4n) is 5.45. The quantitative estimate of drug-likeness (QED) is 0.350. The normalized spacial score (nSPS) is 20.4. The van der Waals surface area contributed by atoms with Crippen LogP contribution in [0, 0.1) is 5.92 Å². The molecule has 6 rings (SSSR count). The Balaban J connectivity index is 1.33. The molecule has 0 saturated carbocycles. The van der Waals surface area contributed by atoms with E-state index in [2.05, 4.69) is 32.5 Å². The number of aliphatic hydroxyl groups is 1. The first-order valence-electron chi connectivity index (χ1n) is 12.2. The number of nitrogens with one attached hydrogen (secondary N) is 1. The van der Waals surface area contributed by atoms with Gasteiger partial charge < -0.3 is 34.1 Å². The minimum atomic E-state index is 0.0145.